The van der Waals surface area contributed by atoms with Gasteiger partial charge in [0.05, 0.1) is 13.1 Å². The Morgan fingerprint density at radius 2 is 2.16 bits per heavy atom. The minimum atomic E-state index is -0.0706. The molecule has 19 heavy (non-hydrogen) atoms. The van der Waals surface area contributed by atoms with Crippen LogP contribution in [0.1, 0.15) is 5.76 Å². The number of hydrogen-bond donors (Lipinski definition) is 1. The van der Waals surface area contributed by atoms with Crippen LogP contribution in [0.5, 0.6) is 0 Å². The van der Waals surface area contributed by atoms with E-state index in [-0.39, 0.29) is 5.91 Å². The summed E-state index contributed by atoms with van der Waals surface area (Å²) in [6.07, 6.45) is 5.28. The van der Waals surface area contributed by atoms with Gasteiger partial charge in [-0.25, -0.2) is 0 Å². The molecule has 6 nitrogen and oxygen atoms in total. The van der Waals surface area contributed by atoms with Gasteiger partial charge in [-0.15, -0.1) is 6.42 Å². The van der Waals surface area contributed by atoms with Gasteiger partial charge in [0.1, 0.15) is 5.76 Å². The summed E-state index contributed by atoms with van der Waals surface area (Å²) in [7, 11) is 0. The van der Waals surface area contributed by atoms with Gasteiger partial charge in [-0.2, -0.15) is 0 Å². The molecule has 1 fully saturated rings. The number of amides is 1. The van der Waals surface area contributed by atoms with Gasteiger partial charge in [-0.05, 0) is 6.92 Å². The first-order chi connectivity index (χ1) is 9.17. The van der Waals surface area contributed by atoms with Crippen molar-refractivity contribution in [2.24, 2.45) is 0 Å². The van der Waals surface area contributed by atoms with Crippen molar-refractivity contribution in [3.63, 3.8) is 0 Å². The Bertz CT molecular complexity index is 469. The molecule has 1 aromatic heterocycles. The molecular formula is C13H18N4O2. The Labute approximate surface area is 112 Å². The number of aromatic nitrogens is 1. The lowest BCUT2D eigenvalue weighted by molar-refractivity contribution is -0.117. The highest BCUT2D eigenvalue weighted by atomic mass is 16.5. The fraction of sp³-hybridized carbons (Fsp3) is 0.538. The van der Waals surface area contributed by atoms with E-state index >= 15 is 0 Å². The first-order valence-corrected chi connectivity index (χ1v) is 6.28. The number of nitrogens with zero attached hydrogens (tertiary/aromatic N) is 3. The molecule has 2 heterocycles. The lowest BCUT2D eigenvalue weighted by Gasteiger charge is -2.33. The van der Waals surface area contributed by atoms with Crippen LogP contribution in [0.2, 0.25) is 0 Å². The van der Waals surface area contributed by atoms with Crippen LogP contribution in [0, 0.1) is 19.3 Å². The first kappa shape index (κ1) is 13.6. The molecule has 1 saturated heterocycles. The lowest BCUT2D eigenvalue weighted by Crippen LogP contribution is -2.48. The number of anilines is 1. The molecule has 0 aromatic carbocycles. The van der Waals surface area contributed by atoms with E-state index in [0.717, 1.165) is 26.2 Å². The molecular weight excluding hydrogens is 244 g/mol. The van der Waals surface area contributed by atoms with Gasteiger partial charge in [-0.1, -0.05) is 11.1 Å². The van der Waals surface area contributed by atoms with Crippen LogP contribution in [0.25, 0.3) is 0 Å². The Morgan fingerprint density at radius 1 is 1.47 bits per heavy atom. The van der Waals surface area contributed by atoms with Crippen molar-refractivity contribution < 1.29 is 9.32 Å². The topological polar surface area (TPSA) is 61.6 Å². The number of terminal acetylenes is 1. The second kappa shape index (κ2) is 6.36. The third kappa shape index (κ3) is 4.09. The molecule has 1 aliphatic rings. The largest absolute Gasteiger partial charge is 0.360 e. The van der Waals surface area contributed by atoms with Crippen LogP contribution in [-0.2, 0) is 4.79 Å². The van der Waals surface area contributed by atoms with Crippen LogP contribution >= 0.6 is 0 Å². The summed E-state index contributed by atoms with van der Waals surface area (Å²) in [5, 5.41) is 6.44. The second-order valence-electron chi connectivity index (χ2n) is 4.63. The standard InChI is InChI=1S/C13H18N4O2/c1-3-4-16-5-7-17(8-6-16)10-13(18)14-12-9-11(2)19-15-12/h1,9H,4-8,10H2,2H3,(H,14,15,18). The number of piperazine rings is 1. The first-order valence-electron chi connectivity index (χ1n) is 6.28. The molecule has 0 aliphatic carbocycles. The minimum absolute atomic E-state index is 0.0706. The highest BCUT2D eigenvalue weighted by Crippen LogP contribution is 2.07. The molecule has 0 saturated carbocycles. The zero-order valence-electron chi connectivity index (χ0n) is 11.1. The molecule has 1 aliphatic heterocycles. The number of hydrogen-bond acceptors (Lipinski definition) is 5. The van der Waals surface area contributed by atoms with E-state index in [4.69, 9.17) is 10.9 Å². The van der Waals surface area contributed by atoms with Crippen molar-refractivity contribution in [1.29, 1.82) is 0 Å². The quantitative estimate of drug-likeness (QED) is 0.784. The number of carbonyl (C=O) groups is 1. The molecule has 0 unspecified atom stereocenters. The normalized spacial score (nSPS) is 17.1. The van der Waals surface area contributed by atoms with E-state index in [1.54, 1.807) is 13.0 Å². The van der Waals surface area contributed by atoms with E-state index in [1.165, 1.54) is 0 Å². The molecule has 0 radical (unpaired) electrons. The molecule has 0 spiro atoms. The maximum atomic E-state index is 11.8. The van der Waals surface area contributed by atoms with Crippen LogP contribution in [0.4, 0.5) is 5.82 Å². The highest BCUT2D eigenvalue weighted by molar-refractivity contribution is 5.91. The minimum Gasteiger partial charge on any atom is -0.360 e. The van der Waals surface area contributed by atoms with E-state index in [9.17, 15) is 4.79 Å². The zero-order chi connectivity index (χ0) is 13.7. The average Bonchev–Trinajstić information content (AvgIpc) is 2.77. The summed E-state index contributed by atoms with van der Waals surface area (Å²) in [5.74, 6) is 3.71. The summed E-state index contributed by atoms with van der Waals surface area (Å²) in [4.78, 5) is 16.1. The van der Waals surface area contributed by atoms with Crippen LogP contribution in [-0.4, -0.2) is 60.1 Å². The van der Waals surface area contributed by atoms with Crippen LogP contribution in [0.3, 0.4) is 0 Å². The van der Waals surface area contributed by atoms with Gasteiger partial charge >= 0.3 is 0 Å². The van der Waals surface area contributed by atoms with Crippen molar-refractivity contribution >= 4 is 11.7 Å². The Morgan fingerprint density at radius 3 is 2.74 bits per heavy atom. The van der Waals surface area contributed by atoms with E-state index in [1.807, 2.05) is 0 Å². The number of carbonyl (C=O) groups excluding carboxylic acids is 1. The maximum absolute atomic E-state index is 11.8. The fourth-order valence-electron chi connectivity index (χ4n) is 2.05. The van der Waals surface area contributed by atoms with Crippen LogP contribution < -0.4 is 5.32 Å². The third-order valence-corrected chi connectivity index (χ3v) is 3.04. The fourth-order valence-corrected chi connectivity index (χ4v) is 2.05. The smallest absolute Gasteiger partial charge is 0.239 e. The summed E-state index contributed by atoms with van der Waals surface area (Å²) < 4.78 is 4.89. The van der Waals surface area contributed by atoms with Gasteiger partial charge in [0.25, 0.3) is 0 Å². The van der Waals surface area contributed by atoms with Crippen molar-refractivity contribution in [3.8, 4) is 12.3 Å². The molecule has 1 N–H and O–H groups in total. The van der Waals surface area contributed by atoms with Gasteiger partial charge < -0.3 is 9.84 Å². The molecule has 0 atom stereocenters. The number of rotatable bonds is 4. The molecule has 102 valence electrons. The molecule has 1 amide bonds. The number of aryl methyl sites for hydroxylation is 1. The van der Waals surface area contributed by atoms with Gasteiger partial charge in [0, 0.05) is 32.2 Å². The SMILES string of the molecule is C#CCN1CCN(CC(=O)Nc2cc(C)on2)CC1. The summed E-state index contributed by atoms with van der Waals surface area (Å²) >= 11 is 0. The van der Waals surface area contributed by atoms with Gasteiger partial charge in [0.2, 0.25) is 5.91 Å². The molecule has 6 heteroatoms. The number of nitrogens with one attached hydrogen (secondary N) is 1. The monoisotopic (exact) mass is 262 g/mol. The Kier molecular flexibility index (Phi) is 4.55. The van der Waals surface area contributed by atoms with Crippen molar-refractivity contribution in [3.05, 3.63) is 11.8 Å². The second-order valence-corrected chi connectivity index (χ2v) is 4.63. The van der Waals surface area contributed by atoms with E-state index in [2.05, 4.69) is 26.2 Å². The molecule has 1 aromatic rings. The summed E-state index contributed by atoms with van der Waals surface area (Å²) in [5.41, 5.74) is 0. The Balaban J connectivity index is 1.73. The summed E-state index contributed by atoms with van der Waals surface area (Å²) in [6.45, 7) is 6.35. The highest BCUT2D eigenvalue weighted by Gasteiger charge is 2.18. The van der Waals surface area contributed by atoms with E-state index < -0.39 is 0 Å². The van der Waals surface area contributed by atoms with Gasteiger partial charge in [-0.3, -0.25) is 14.6 Å². The predicted molar refractivity (Wildman–Crippen MR) is 71.6 cm³/mol. The van der Waals surface area contributed by atoms with Crippen molar-refractivity contribution in [2.45, 2.75) is 6.92 Å². The summed E-state index contributed by atoms with van der Waals surface area (Å²) in [6, 6.07) is 1.70. The van der Waals surface area contributed by atoms with Crippen LogP contribution in [0.15, 0.2) is 10.6 Å². The van der Waals surface area contributed by atoms with Crippen molar-refractivity contribution in [1.82, 2.24) is 15.0 Å². The Hall–Kier alpha value is -1.84. The van der Waals surface area contributed by atoms with Crippen molar-refractivity contribution in [2.75, 3.05) is 44.6 Å². The van der Waals surface area contributed by atoms with E-state index in [0.29, 0.717) is 24.7 Å². The molecule has 2 rings (SSSR count). The third-order valence-electron chi connectivity index (χ3n) is 3.04. The average molecular weight is 262 g/mol. The lowest BCUT2D eigenvalue weighted by atomic mass is 10.3. The molecule has 0 bridgehead atoms. The predicted octanol–water partition coefficient (Wildman–Crippen LogP) is 0.172. The maximum Gasteiger partial charge on any atom is 0.239 e. The zero-order valence-corrected chi connectivity index (χ0v) is 11.1. The van der Waals surface area contributed by atoms with Gasteiger partial charge in [0.15, 0.2) is 5.82 Å².